The molecule has 1 nitrogen and oxygen atoms in total. The van der Waals surface area contributed by atoms with Crippen molar-refractivity contribution in [3.63, 3.8) is 0 Å². The molecule has 0 bridgehead atoms. The van der Waals surface area contributed by atoms with Crippen LogP contribution in [0.4, 0.5) is 0 Å². The highest BCUT2D eigenvalue weighted by Crippen LogP contribution is 1.98. The first kappa shape index (κ1) is 4.07. The van der Waals surface area contributed by atoms with Gasteiger partial charge in [-0.2, -0.15) is 0 Å². The van der Waals surface area contributed by atoms with Gasteiger partial charge in [0.2, 0.25) is 0 Å². The summed E-state index contributed by atoms with van der Waals surface area (Å²) in [6.07, 6.45) is 0. The Morgan fingerprint density at radius 2 is 2.11 bits per heavy atom. The van der Waals surface area contributed by atoms with E-state index in [4.69, 9.17) is 2.74 Å². The number of benzene rings is 1. The van der Waals surface area contributed by atoms with Crippen LogP contribution in [0, 0.1) is 0 Å². The minimum absolute atomic E-state index is 0.544. The number of methoxy groups -OCH3 is 1. The van der Waals surface area contributed by atoms with Gasteiger partial charge in [0.05, 0.1) is 9.30 Å². The summed E-state index contributed by atoms with van der Waals surface area (Å²) >= 11 is 0. The van der Waals surface area contributed by atoms with Gasteiger partial charge in [-0.1, -0.05) is 30.3 Å². The smallest absolute Gasteiger partial charge is 0.0713 e. The Morgan fingerprint density at radius 1 is 1.44 bits per heavy atom. The summed E-state index contributed by atoms with van der Waals surface area (Å²) in [6.45, 7) is -1.67. The van der Waals surface area contributed by atoms with E-state index < -0.39 is 6.56 Å². The second-order valence-corrected chi connectivity index (χ2v) is 1.67. The third-order valence-corrected chi connectivity index (χ3v) is 0.994. The molecule has 0 saturated carbocycles. The molecule has 1 heteroatoms. The van der Waals surface area contributed by atoms with Gasteiger partial charge in [-0.15, -0.1) is 0 Å². The lowest BCUT2D eigenvalue weighted by Gasteiger charge is -1.95. The van der Waals surface area contributed by atoms with E-state index in [0.29, 0.717) is 5.56 Å². The molecule has 0 unspecified atom stereocenters. The van der Waals surface area contributed by atoms with Crippen LogP contribution < -0.4 is 0 Å². The van der Waals surface area contributed by atoms with Gasteiger partial charge in [0.1, 0.15) is 0 Å². The summed E-state index contributed by atoms with van der Waals surface area (Å²) in [5, 5.41) is 0. The van der Waals surface area contributed by atoms with Gasteiger partial charge in [0, 0.05) is 7.11 Å². The van der Waals surface area contributed by atoms with Crippen LogP contribution >= 0.6 is 0 Å². The lowest BCUT2D eigenvalue weighted by atomic mass is 10.2. The number of ether oxygens (including phenoxy) is 1. The van der Waals surface area contributed by atoms with Crippen molar-refractivity contribution >= 4 is 0 Å². The molecule has 0 N–H and O–H groups in total. The average molecular weight is 124 g/mol. The Balaban J connectivity index is 2.93. The van der Waals surface area contributed by atoms with Gasteiger partial charge >= 0.3 is 0 Å². The van der Waals surface area contributed by atoms with Gasteiger partial charge in [-0.25, -0.2) is 0 Å². The maximum absolute atomic E-state index is 7.36. The zero-order valence-electron chi connectivity index (χ0n) is 7.29. The van der Waals surface area contributed by atoms with E-state index in [-0.39, 0.29) is 0 Å². The number of hydrogen-bond donors (Lipinski definition) is 0. The van der Waals surface area contributed by atoms with Crippen LogP contribution in [0.25, 0.3) is 0 Å². The molecular weight excluding hydrogens is 112 g/mol. The van der Waals surface area contributed by atoms with E-state index >= 15 is 0 Å². The van der Waals surface area contributed by atoms with E-state index in [2.05, 4.69) is 4.74 Å². The van der Waals surface area contributed by atoms with Crippen molar-refractivity contribution in [2.45, 2.75) is 6.56 Å². The molecule has 0 spiro atoms. The van der Waals surface area contributed by atoms with Crippen LogP contribution in [0.3, 0.4) is 0 Å². The summed E-state index contributed by atoms with van der Waals surface area (Å²) in [4.78, 5) is 0. The summed E-state index contributed by atoms with van der Waals surface area (Å²) in [6, 6.07) is 8.81. The standard InChI is InChI=1S/C8H10O/c1-9-7-8-5-3-2-4-6-8/h2-6H,7H2,1H3/i7D2. The molecule has 0 heterocycles. The summed E-state index contributed by atoms with van der Waals surface area (Å²) in [5.41, 5.74) is 0.544. The predicted molar refractivity (Wildman–Crippen MR) is 37.2 cm³/mol. The summed E-state index contributed by atoms with van der Waals surface area (Å²) in [5.74, 6) is 0. The van der Waals surface area contributed by atoms with Crippen molar-refractivity contribution in [2.75, 3.05) is 7.11 Å². The van der Waals surface area contributed by atoms with Crippen molar-refractivity contribution in [1.29, 1.82) is 0 Å². The molecule has 1 aromatic rings. The zero-order chi connectivity index (χ0) is 8.32. The van der Waals surface area contributed by atoms with Crippen molar-refractivity contribution < 1.29 is 7.48 Å². The third-order valence-electron chi connectivity index (χ3n) is 0.994. The van der Waals surface area contributed by atoms with Crippen LogP contribution in [0.15, 0.2) is 30.3 Å². The van der Waals surface area contributed by atoms with Gasteiger partial charge in [0.25, 0.3) is 0 Å². The Bertz CT molecular complexity index is 221. The Hall–Kier alpha value is -0.820. The maximum Gasteiger partial charge on any atom is 0.0713 e. The molecule has 0 aliphatic carbocycles. The normalized spacial score (nSPS) is 14.3. The molecular formula is C8H10O. The van der Waals surface area contributed by atoms with E-state index in [1.807, 2.05) is 6.07 Å². The summed E-state index contributed by atoms with van der Waals surface area (Å²) < 4.78 is 19.4. The molecule has 0 radical (unpaired) electrons. The Morgan fingerprint density at radius 3 is 2.67 bits per heavy atom. The molecule has 0 aliphatic heterocycles. The van der Waals surface area contributed by atoms with Crippen LogP contribution in [-0.2, 0) is 11.3 Å². The molecule has 0 saturated heterocycles. The molecule has 0 atom stereocenters. The van der Waals surface area contributed by atoms with E-state index in [1.54, 1.807) is 24.3 Å². The van der Waals surface area contributed by atoms with Crippen LogP contribution in [0.2, 0.25) is 0 Å². The molecule has 0 aromatic heterocycles. The molecule has 0 aliphatic rings. The highest BCUT2D eigenvalue weighted by atomic mass is 16.5. The van der Waals surface area contributed by atoms with Gasteiger partial charge < -0.3 is 4.74 Å². The first-order valence-corrected chi connectivity index (χ1v) is 2.77. The molecule has 0 amide bonds. The van der Waals surface area contributed by atoms with Gasteiger partial charge in [-0.05, 0) is 5.56 Å². The number of hydrogen-bond acceptors (Lipinski definition) is 1. The van der Waals surface area contributed by atoms with E-state index in [0.717, 1.165) is 0 Å². The average Bonchev–Trinajstić information content (AvgIpc) is 2.06. The highest BCUT2D eigenvalue weighted by Gasteiger charge is 1.84. The predicted octanol–water partition coefficient (Wildman–Crippen LogP) is 1.83. The van der Waals surface area contributed by atoms with E-state index in [9.17, 15) is 0 Å². The van der Waals surface area contributed by atoms with Crippen molar-refractivity contribution in [3.05, 3.63) is 35.9 Å². The monoisotopic (exact) mass is 124 g/mol. The topological polar surface area (TPSA) is 9.23 Å². The minimum Gasteiger partial charge on any atom is -0.380 e. The highest BCUT2D eigenvalue weighted by molar-refractivity contribution is 5.13. The summed E-state index contributed by atoms with van der Waals surface area (Å²) in [7, 11) is 1.35. The van der Waals surface area contributed by atoms with Crippen LogP contribution in [-0.4, -0.2) is 7.11 Å². The molecule has 1 aromatic carbocycles. The third kappa shape index (κ3) is 1.86. The van der Waals surface area contributed by atoms with Gasteiger partial charge in [0.15, 0.2) is 0 Å². The molecule has 0 fully saturated rings. The Labute approximate surface area is 58.1 Å². The lowest BCUT2D eigenvalue weighted by molar-refractivity contribution is 0.185. The van der Waals surface area contributed by atoms with Crippen LogP contribution in [0.1, 0.15) is 8.30 Å². The first-order valence-electron chi connectivity index (χ1n) is 3.77. The van der Waals surface area contributed by atoms with Crippen molar-refractivity contribution in [3.8, 4) is 0 Å². The molecule has 1 rings (SSSR count). The maximum atomic E-state index is 7.36. The molecule has 48 valence electrons. The van der Waals surface area contributed by atoms with Crippen molar-refractivity contribution in [2.24, 2.45) is 0 Å². The minimum atomic E-state index is -1.67. The fourth-order valence-corrected chi connectivity index (χ4v) is 0.624. The molecule has 9 heavy (non-hydrogen) atoms. The lowest BCUT2D eigenvalue weighted by Crippen LogP contribution is -1.84. The largest absolute Gasteiger partial charge is 0.380 e. The van der Waals surface area contributed by atoms with E-state index in [1.165, 1.54) is 7.11 Å². The van der Waals surface area contributed by atoms with Crippen LogP contribution in [0.5, 0.6) is 0 Å². The second-order valence-electron chi connectivity index (χ2n) is 1.67. The Kier molecular flexibility index (Phi) is 1.47. The quantitative estimate of drug-likeness (QED) is 0.584. The first-order chi connectivity index (χ1) is 5.17. The fraction of sp³-hybridized carbons (Fsp3) is 0.250. The SMILES string of the molecule is [2H]C([2H])(OC)c1ccccc1. The second kappa shape index (κ2) is 3.25. The fourth-order valence-electron chi connectivity index (χ4n) is 0.624. The zero-order valence-corrected chi connectivity index (χ0v) is 5.29. The van der Waals surface area contributed by atoms with Crippen molar-refractivity contribution in [1.82, 2.24) is 0 Å². The van der Waals surface area contributed by atoms with Gasteiger partial charge in [-0.3, -0.25) is 0 Å². The number of rotatable bonds is 2.